The number of methoxy groups -OCH3 is 1. The molecular formula is C32H30N2O3. The van der Waals surface area contributed by atoms with Crippen LogP contribution in [0.4, 0.5) is 0 Å². The number of carbonyl (C=O) groups is 2. The second-order valence-electron chi connectivity index (χ2n) is 9.15. The molecule has 1 aliphatic rings. The smallest absolute Gasteiger partial charge is 0.254 e. The van der Waals surface area contributed by atoms with Gasteiger partial charge in [0.25, 0.3) is 5.91 Å². The third kappa shape index (κ3) is 5.04. The zero-order valence-corrected chi connectivity index (χ0v) is 20.8. The van der Waals surface area contributed by atoms with Crippen molar-refractivity contribution in [3.63, 3.8) is 0 Å². The molecular weight excluding hydrogens is 460 g/mol. The van der Waals surface area contributed by atoms with Crippen LogP contribution in [0.3, 0.4) is 0 Å². The molecule has 0 fully saturated rings. The zero-order valence-electron chi connectivity index (χ0n) is 20.8. The standard InChI is InChI=1S/C32H30N2O3/c1-37-21-20-34-30(24-14-6-3-7-15-24)29(27-18-10-11-19-28(27)32(34)36)31(35)33-22-25-16-8-9-17-26(25)23-12-4-2-5-13-23/h2-19,29-30H,20-22H2,1H3,(H,33,35)/t29-,30-/m0/s1. The van der Waals surface area contributed by atoms with Gasteiger partial charge < -0.3 is 15.0 Å². The second-order valence-corrected chi connectivity index (χ2v) is 9.15. The highest BCUT2D eigenvalue weighted by Crippen LogP contribution is 2.42. The van der Waals surface area contributed by atoms with Gasteiger partial charge in [-0.15, -0.1) is 0 Å². The van der Waals surface area contributed by atoms with Gasteiger partial charge in [-0.2, -0.15) is 0 Å². The second kappa shape index (κ2) is 11.2. The summed E-state index contributed by atoms with van der Waals surface area (Å²) >= 11 is 0. The Balaban J connectivity index is 1.51. The predicted molar refractivity (Wildman–Crippen MR) is 145 cm³/mol. The molecule has 186 valence electrons. The van der Waals surface area contributed by atoms with Gasteiger partial charge in [0.1, 0.15) is 0 Å². The Morgan fingerprint density at radius 2 is 1.43 bits per heavy atom. The summed E-state index contributed by atoms with van der Waals surface area (Å²) in [4.78, 5) is 29.4. The molecule has 1 heterocycles. The summed E-state index contributed by atoms with van der Waals surface area (Å²) < 4.78 is 5.33. The summed E-state index contributed by atoms with van der Waals surface area (Å²) in [5.74, 6) is -0.754. The molecule has 0 saturated heterocycles. The molecule has 1 aliphatic heterocycles. The highest BCUT2D eigenvalue weighted by molar-refractivity contribution is 6.01. The molecule has 0 aliphatic carbocycles. The van der Waals surface area contributed by atoms with E-state index in [-0.39, 0.29) is 11.8 Å². The van der Waals surface area contributed by atoms with Crippen molar-refractivity contribution in [3.8, 4) is 11.1 Å². The lowest BCUT2D eigenvalue weighted by Crippen LogP contribution is -2.48. The van der Waals surface area contributed by atoms with Crippen LogP contribution < -0.4 is 5.32 Å². The lowest BCUT2D eigenvalue weighted by Gasteiger charge is -2.41. The van der Waals surface area contributed by atoms with E-state index in [1.807, 2.05) is 91.0 Å². The van der Waals surface area contributed by atoms with Crippen molar-refractivity contribution in [2.24, 2.45) is 0 Å². The normalized spacial score (nSPS) is 16.8. The van der Waals surface area contributed by atoms with E-state index in [0.29, 0.717) is 25.3 Å². The fraction of sp³-hybridized carbons (Fsp3) is 0.188. The molecule has 0 radical (unpaired) electrons. The number of benzene rings is 4. The van der Waals surface area contributed by atoms with E-state index in [1.54, 1.807) is 12.0 Å². The lowest BCUT2D eigenvalue weighted by molar-refractivity contribution is -0.124. The van der Waals surface area contributed by atoms with Crippen LogP contribution >= 0.6 is 0 Å². The fourth-order valence-electron chi connectivity index (χ4n) is 5.20. The molecule has 2 amide bonds. The Labute approximate surface area is 217 Å². The maximum absolute atomic E-state index is 14.0. The van der Waals surface area contributed by atoms with Gasteiger partial charge in [0.2, 0.25) is 5.91 Å². The summed E-state index contributed by atoms with van der Waals surface area (Å²) in [6.07, 6.45) is 0. The molecule has 1 N–H and O–H groups in total. The number of nitrogens with zero attached hydrogens (tertiary/aromatic N) is 1. The quantitative estimate of drug-likeness (QED) is 0.350. The highest BCUT2D eigenvalue weighted by atomic mass is 16.5. The van der Waals surface area contributed by atoms with Crippen molar-refractivity contribution in [3.05, 3.63) is 131 Å². The van der Waals surface area contributed by atoms with Gasteiger partial charge >= 0.3 is 0 Å². The molecule has 5 heteroatoms. The molecule has 0 spiro atoms. The van der Waals surface area contributed by atoms with E-state index < -0.39 is 12.0 Å². The Bertz CT molecular complexity index is 1370. The molecule has 4 aromatic rings. The first-order chi connectivity index (χ1) is 18.2. The number of nitrogens with one attached hydrogen (secondary N) is 1. The minimum Gasteiger partial charge on any atom is -0.383 e. The third-order valence-corrected chi connectivity index (χ3v) is 6.95. The topological polar surface area (TPSA) is 58.6 Å². The first kappa shape index (κ1) is 24.5. The Kier molecular flexibility index (Phi) is 7.43. The SMILES string of the molecule is COCCN1C(=O)c2ccccc2[C@H](C(=O)NCc2ccccc2-c2ccccc2)[C@@H]1c1ccccc1. The summed E-state index contributed by atoms with van der Waals surface area (Å²) in [5, 5.41) is 3.20. The maximum Gasteiger partial charge on any atom is 0.254 e. The van der Waals surface area contributed by atoms with Gasteiger partial charge in [-0.1, -0.05) is 103 Å². The monoisotopic (exact) mass is 490 g/mol. The number of fused-ring (bicyclic) bond motifs is 1. The van der Waals surface area contributed by atoms with Crippen LogP contribution in [-0.2, 0) is 16.1 Å². The van der Waals surface area contributed by atoms with E-state index in [9.17, 15) is 9.59 Å². The number of amides is 2. The van der Waals surface area contributed by atoms with E-state index in [0.717, 1.165) is 27.8 Å². The summed E-state index contributed by atoms with van der Waals surface area (Å²) in [6, 6.07) is 35.1. The van der Waals surface area contributed by atoms with E-state index in [4.69, 9.17) is 4.74 Å². The molecule has 0 saturated carbocycles. The van der Waals surface area contributed by atoms with Crippen LogP contribution in [0.2, 0.25) is 0 Å². The Morgan fingerprint density at radius 3 is 2.16 bits per heavy atom. The van der Waals surface area contributed by atoms with Gasteiger partial charge in [-0.3, -0.25) is 9.59 Å². The molecule has 37 heavy (non-hydrogen) atoms. The first-order valence-electron chi connectivity index (χ1n) is 12.5. The van der Waals surface area contributed by atoms with Gasteiger partial charge in [0, 0.05) is 25.8 Å². The van der Waals surface area contributed by atoms with E-state index in [2.05, 4.69) is 23.5 Å². The molecule has 0 bridgehead atoms. The fourth-order valence-corrected chi connectivity index (χ4v) is 5.20. The highest BCUT2D eigenvalue weighted by Gasteiger charge is 2.43. The number of hydrogen-bond donors (Lipinski definition) is 1. The zero-order chi connectivity index (χ0) is 25.6. The molecule has 2 atom stereocenters. The van der Waals surface area contributed by atoms with Crippen molar-refractivity contribution in [1.82, 2.24) is 10.2 Å². The summed E-state index contributed by atoms with van der Waals surface area (Å²) in [7, 11) is 1.62. The molecule has 5 nitrogen and oxygen atoms in total. The number of ether oxygens (including phenoxy) is 1. The van der Waals surface area contributed by atoms with Crippen LogP contribution in [-0.4, -0.2) is 37.0 Å². The van der Waals surface area contributed by atoms with Crippen LogP contribution in [0, 0.1) is 0 Å². The summed E-state index contributed by atoms with van der Waals surface area (Å²) in [6.45, 7) is 1.16. The maximum atomic E-state index is 14.0. The van der Waals surface area contributed by atoms with E-state index >= 15 is 0 Å². The van der Waals surface area contributed by atoms with Gasteiger partial charge in [0.15, 0.2) is 0 Å². The lowest BCUT2D eigenvalue weighted by atomic mass is 9.79. The first-order valence-corrected chi connectivity index (χ1v) is 12.5. The summed E-state index contributed by atoms with van der Waals surface area (Å²) in [5.41, 5.74) is 5.47. The number of carbonyl (C=O) groups excluding carboxylic acids is 2. The van der Waals surface area contributed by atoms with Crippen LogP contribution in [0.15, 0.2) is 109 Å². The molecule has 0 unspecified atom stereocenters. The average molecular weight is 491 g/mol. The number of hydrogen-bond acceptors (Lipinski definition) is 3. The Hall–Kier alpha value is -4.22. The van der Waals surface area contributed by atoms with Crippen LogP contribution in [0.25, 0.3) is 11.1 Å². The Morgan fingerprint density at radius 1 is 0.811 bits per heavy atom. The average Bonchev–Trinajstić information content (AvgIpc) is 2.96. The van der Waals surface area contributed by atoms with Crippen molar-refractivity contribution in [2.75, 3.05) is 20.3 Å². The number of rotatable bonds is 8. The minimum atomic E-state index is -0.558. The van der Waals surface area contributed by atoms with E-state index in [1.165, 1.54) is 0 Å². The largest absolute Gasteiger partial charge is 0.383 e. The van der Waals surface area contributed by atoms with Crippen molar-refractivity contribution < 1.29 is 14.3 Å². The van der Waals surface area contributed by atoms with Gasteiger partial charge in [-0.25, -0.2) is 0 Å². The minimum absolute atomic E-state index is 0.0834. The van der Waals surface area contributed by atoms with Crippen molar-refractivity contribution >= 4 is 11.8 Å². The van der Waals surface area contributed by atoms with Gasteiger partial charge in [0.05, 0.1) is 18.6 Å². The van der Waals surface area contributed by atoms with Crippen LogP contribution in [0.1, 0.15) is 39.0 Å². The predicted octanol–water partition coefficient (Wildman–Crippen LogP) is 5.60. The molecule has 0 aromatic heterocycles. The third-order valence-electron chi connectivity index (χ3n) is 6.95. The molecule has 5 rings (SSSR count). The van der Waals surface area contributed by atoms with Crippen LogP contribution in [0.5, 0.6) is 0 Å². The molecule has 4 aromatic carbocycles. The van der Waals surface area contributed by atoms with Crippen molar-refractivity contribution in [1.29, 1.82) is 0 Å². The van der Waals surface area contributed by atoms with Gasteiger partial charge in [-0.05, 0) is 33.9 Å². The van der Waals surface area contributed by atoms with Crippen molar-refractivity contribution in [2.45, 2.75) is 18.5 Å².